The molecule has 0 radical (unpaired) electrons. The molecule has 0 atom stereocenters. The van der Waals surface area contributed by atoms with Crippen LogP contribution in [0.2, 0.25) is 0 Å². The van der Waals surface area contributed by atoms with Crippen LogP contribution in [0.1, 0.15) is 33.4 Å². The number of fused-ring (bicyclic) bond motifs is 30. The zero-order valence-electron chi connectivity index (χ0n) is 59.3. The van der Waals surface area contributed by atoms with Crippen molar-refractivity contribution < 1.29 is 28.4 Å². The van der Waals surface area contributed by atoms with Crippen molar-refractivity contribution in [1.82, 2.24) is 0 Å². The highest BCUT2D eigenvalue weighted by Crippen LogP contribution is 2.48. The summed E-state index contributed by atoms with van der Waals surface area (Å²) in [5.74, 6) is 4.41. The topological polar surface area (TPSA) is 55.4 Å². The van der Waals surface area contributed by atoms with Gasteiger partial charge in [-0.05, 0) is 168 Å². The second kappa shape index (κ2) is 28.8. The van der Waals surface area contributed by atoms with Gasteiger partial charge in [0, 0.05) is 33.4 Å². The van der Waals surface area contributed by atoms with Crippen molar-refractivity contribution in [1.29, 1.82) is 0 Å². The number of rotatable bonds is 0. The molecule has 19 rings (SSSR count). The number of ether oxygens (including phenoxy) is 6. The monoisotopic (exact) mass is 1390 g/mol. The van der Waals surface area contributed by atoms with E-state index in [0.29, 0.717) is 0 Å². The predicted molar refractivity (Wildman–Crippen MR) is 442 cm³/mol. The number of hydrogen-bond acceptors (Lipinski definition) is 6. The lowest BCUT2D eigenvalue weighted by atomic mass is 9.87. The molecule has 0 saturated heterocycles. The van der Waals surface area contributed by atoms with Crippen molar-refractivity contribution in [2.75, 3.05) is 0 Å². The van der Waals surface area contributed by atoms with Crippen molar-refractivity contribution in [2.45, 2.75) is 39.6 Å². The Kier molecular flexibility index (Phi) is 17.3. The van der Waals surface area contributed by atoms with Gasteiger partial charge in [-0.25, -0.2) is 0 Å². The van der Waals surface area contributed by atoms with Crippen LogP contribution in [0.15, 0.2) is 364 Å². The largest absolute Gasteiger partial charge is 0.488 e. The smallest absolute Gasteiger partial charge is 0.127 e. The van der Waals surface area contributed by atoms with Gasteiger partial charge in [0.05, 0.1) is 0 Å². The molecule has 1 aliphatic heterocycles. The van der Waals surface area contributed by atoms with Crippen LogP contribution in [0.25, 0.3) is 131 Å². The average molecular weight is 1390 g/mol. The zero-order valence-corrected chi connectivity index (χ0v) is 59.3. The summed E-state index contributed by atoms with van der Waals surface area (Å²) in [7, 11) is 0. The maximum Gasteiger partial charge on any atom is 0.127 e. The van der Waals surface area contributed by atoms with Gasteiger partial charge in [-0.3, -0.25) is 0 Å². The summed E-state index contributed by atoms with van der Waals surface area (Å²) in [5.41, 5.74) is 18.3. The van der Waals surface area contributed by atoms with Gasteiger partial charge in [0.15, 0.2) is 0 Å². The standard InChI is InChI=1S/C102H72O6/c1-7-31-79-67(25-1)49-55-73-61-103-91-43-19-13-37-85(91)86-38-15-21-45-93(86)105-63-75-57-51-69-27-3-9-33-81(69)99(75)101-77(59-53-71-29-5-11-35-83(71)101)65-107-95-47-23-17-41-89(95)90-42-18-24-48-96(90)108-66-78-60-54-72-30-6-12-36-84(72)102(78)100-76(58-52-70-28-4-10-34-82(70)100)64-106-94-46-22-16-40-88(94)87-39-14-20-44-92(87)104-62-74-56-50-68-26-2-8-32-80(68)98(74)97(73)79/h1-60H,61-66H2. The molecule has 1 heterocycles. The third kappa shape index (κ3) is 12.3. The maximum atomic E-state index is 7.24. The first kappa shape index (κ1) is 65.1. The predicted octanol–water partition coefficient (Wildman–Crippen LogP) is 26.4. The summed E-state index contributed by atoms with van der Waals surface area (Å²) in [6, 6.07) is 129. The Morgan fingerprint density at radius 3 is 0.435 bits per heavy atom. The molecule has 108 heavy (non-hydrogen) atoms. The fourth-order valence-corrected chi connectivity index (χ4v) is 16.2. The average Bonchev–Trinajstić information content (AvgIpc) is 0.760. The highest BCUT2D eigenvalue weighted by Gasteiger charge is 2.26. The molecule has 0 amide bonds. The highest BCUT2D eigenvalue weighted by atomic mass is 16.5. The molecular formula is C102H72O6. The van der Waals surface area contributed by atoms with Crippen LogP contribution in [0.4, 0.5) is 0 Å². The fraction of sp³-hybridized carbons (Fsp3) is 0.0588. The number of para-hydroxylation sites is 6. The first-order valence-electron chi connectivity index (χ1n) is 37.0. The summed E-state index contributed by atoms with van der Waals surface area (Å²) in [6.07, 6.45) is 0. The lowest BCUT2D eigenvalue weighted by molar-refractivity contribution is 0.302. The molecule has 18 aromatic carbocycles. The number of benzene rings is 18. The molecule has 18 aromatic rings. The Morgan fingerprint density at radius 1 is 0.130 bits per heavy atom. The van der Waals surface area contributed by atoms with Crippen molar-refractivity contribution in [3.8, 4) is 101 Å². The Balaban J connectivity index is 0.770. The minimum Gasteiger partial charge on any atom is -0.488 e. The quantitative estimate of drug-likeness (QED) is 0.151. The van der Waals surface area contributed by atoms with Gasteiger partial charge in [0.25, 0.3) is 0 Å². The van der Waals surface area contributed by atoms with Crippen LogP contribution in [-0.4, -0.2) is 0 Å². The van der Waals surface area contributed by atoms with E-state index >= 15 is 0 Å². The molecule has 516 valence electrons. The van der Waals surface area contributed by atoms with Gasteiger partial charge in [-0.15, -0.1) is 0 Å². The third-order valence-corrected chi connectivity index (χ3v) is 21.3. The lowest BCUT2D eigenvalue weighted by Gasteiger charge is -2.22. The van der Waals surface area contributed by atoms with Crippen LogP contribution in [0, 0.1) is 0 Å². The minimum absolute atomic E-state index is 0.276. The Morgan fingerprint density at radius 2 is 0.269 bits per heavy atom. The molecular weight excluding hydrogens is 1320 g/mol. The second-order valence-corrected chi connectivity index (χ2v) is 27.6. The molecule has 0 fully saturated rings. The Labute approximate surface area is 627 Å². The van der Waals surface area contributed by atoms with Gasteiger partial charge in [0.1, 0.15) is 74.1 Å². The van der Waals surface area contributed by atoms with E-state index in [1.807, 2.05) is 36.4 Å². The van der Waals surface area contributed by atoms with E-state index in [1.54, 1.807) is 0 Å². The van der Waals surface area contributed by atoms with Gasteiger partial charge >= 0.3 is 0 Å². The van der Waals surface area contributed by atoms with Crippen LogP contribution in [-0.2, 0) is 39.6 Å². The first-order chi connectivity index (χ1) is 53.6. The van der Waals surface area contributed by atoms with Crippen molar-refractivity contribution in [3.05, 3.63) is 397 Å². The molecule has 0 saturated carbocycles. The molecule has 0 N–H and O–H groups in total. The van der Waals surface area contributed by atoms with Gasteiger partial charge < -0.3 is 28.4 Å². The van der Waals surface area contributed by atoms with Gasteiger partial charge in [-0.1, -0.05) is 328 Å². The molecule has 6 nitrogen and oxygen atoms in total. The summed E-state index contributed by atoms with van der Waals surface area (Å²) in [5, 5.41) is 13.5. The summed E-state index contributed by atoms with van der Waals surface area (Å²) >= 11 is 0. The van der Waals surface area contributed by atoms with Crippen LogP contribution in [0.5, 0.6) is 34.5 Å². The van der Waals surface area contributed by atoms with Gasteiger partial charge in [-0.2, -0.15) is 0 Å². The van der Waals surface area contributed by atoms with E-state index in [2.05, 4.69) is 328 Å². The van der Waals surface area contributed by atoms with E-state index < -0.39 is 0 Å². The zero-order chi connectivity index (χ0) is 71.7. The second-order valence-electron chi connectivity index (χ2n) is 27.6. The molecule has 0 bridgehead atoms. The normalized spacial score (nSPS) is 12.7. The molecule has 0 unspecified atom stereocenters. The Hall–Kier alpha value is -13.7. The third-order valence-electron chi connectivity index (χ3n) is 21.3. The molecule has 0 spiro atoms. The van der Waals surface area contributed by atoms with Crippen molar-refractivity contribution >= 4 is 64.6 Å². The molecule has 0 aliphatic carbocycles. The van der Waals surface area contributed by atoms with Crippen LogP contribution in [0.3, 0.4) is 0 Å². The van der Waals surface area contributed by atoms with Crippen molar-refractivity contribution in [2.24, 2.45) is 0 Å². The molecule has 6 heteroatoms. The molecule has 0 aromatic heterocycles. The first-order valence-corrected chi connectivity index (χ1v) is 37.0. The fourth-order valence-electron chi connectivity index (χ4n) is 16.2. The maximum absolute atomic E-state index is 7.24. The van der Waals surface area contributed by atoms with Crippen LogP contribution >= 0.6 is 0 Å². The van der Waals surface area contributed by atoms with E-state index in [-0.39, 0.29) is 39.6 Å². The van der Waals surface area contributed by atoms with E-state index in [1.165, 1.54) is 0 Å². The summed E-state index contributed by atoms with van der Waals surface area (Å²) < 4.78 is 43.4. The SMILES string of the molecule is c1ccc2c(c1)OCc1ccc3ccccc3c1-c1c(ccc3ccccc13)COc1ccccc1-c1ccccc1OCc1ccc3ccccc3c1-c1c(ccc3ccccc13)COc1ccccc1-c1ccccc1OCc1ccc3ccccc3c1-c1c(ccc3ccccc13)COc1ccccc1-2. The summed E-state index contributed by atoms with van der Waals surface area (Å²) in [4.78, 5) is 0. The highest BCUT2D eigenvalue weighted by molar-refractivity contribution is 6.11. The van der Waals surface area contributed by atoms with E-state index in [0.717, 1.165) is 199 Å². The Bertz CT molecular complexity index is 5470. The number of hydrogen-bond donors (Lipinski definition) is 0. The van der Waals surface area contributed by atoms with Crippen LogP contribution < -0.4 is 28.4 Å². The summed E-state index contributed by atoms with van der Waals surface area (Å²) in [6.45, 7) is 1.65. The lowest BCUT2D eigenvalue weighted by Crippen LogP contribution is -2.05. The van der Waals surface area contributed by atoms with Gasteiger partial charge in [0.2, 0.25) is 0 Å². The van der Waals surface area contributed by atoms with E-state index in [9.17, 15) is 0 Å². The van der Waals surface area contributed by atoms with E-state index in [4.69, 9.17) is 28.4 Å². The minimum atomic E-state index is 0.276. The molecule has 1 aliphatic rings. The van der Waals surface area contributed by atoms with Crippen molar-refractivity contribution in [3.63, 3.8) is 0 Å².